The normalized spacial score (nSPS) is 16.0. The first-order valence-electron chi connectivity index (χ1n) is 7.21. The Morgan fingerprint density at radius 1 is 1.32 bits per heavy atom. The van der Waals surface area contributed by atoms with E-state index in [4.69, 9.17) is 0 Å². The molecule has 112 valence electrons. The van der Waals surface area contributed by atoms with Gasteiger partial charge in [-0.3, -0.25) is 9.78 Å². The lowest BCUT2D eigenvalue weighted by molar-refractivity contribution is -0.118. The fourth-order valence-corrected chi connectivity index (χ4v) is 3.18. The van der Waals surface area contributed by atoms with Crippen LogP contribution in [0.25, 0.3) is 10.9 Å². The number of carbonyl (C=O) groups excluding carboxylic acids is 1. The van der Waals surface area contributed by atoms with Crippen molar-refractivity contribution in [3.8, 4) is 0 Å². The van der Waals surface area contributed by atoms with Crippen molar-refractivity contribution >= 4 is 34.3 Å². The zero-order valence-corrected chi connectivity index (χ0v) is 13.2. The summed E-state index contributed by atoms with van der Waals surface area (Å²) >= 11 is 1.48. The SMILES string of the molecule is CC1=C/C(=N/NC(=O)CSc2cccc3cccnc23)CC1. The number of hydrogen-bond acceptors (Lipinski definition) is 4. The first-order chi connectivity index (χ1) is 10.7. The van der Waals surface area contributed by atoms with E-state index in [9.17, 15) is 4.79 Å². The minimum atomic E-state index is -0.0941. The third-order valence-corrected chi connectivity index (χ3v) is 4.51. The number of hydrazone groups is 1. The molecule has 0 spiro atoms. The van der Waals surface area contributed by atoms with Crippen LogP contribution >= 0.6 is 11.8 Å². The van der Waals surface area contributed by atoms with Crippen LogP contribution in [0.15, 0.2) is 58.2 Å². The Kier molecular flexibility index (Phi) is 4.53. The van der Waals surface area contributed by atoms with Gasteiger partial charge in [-0.05, 0) is 38.0 Å². The minimum Gasteiger partial charge on any atom is -0.272 e. The van der Waals surface area contributed by atoms with Crippen molar-refractivity contribution in [2.45, 2.75) is 24.7 Å². The van der Waals surface area contributed by atoms with Crippen LogP contribution in [0, 0.1) is 0 Å². The van der Waals surface area contributed by atoms with Crippen LogP contribution in [-0.4, -0.2) is 22.4 Å². The molecule has 22 heavy (non-hydrogen) atoms. The van der Waals surface area contributed by atoms with Gasteiger partial charge in [0, 0.05) is 16.5 Å². The van der Waals surface area contributed by atoms with Gasteiger partial charge in [0.25, 0.3) is 0 Å². The van der Waals surface area contributed by atoms with E-state index in [1.807, 2.05) is 36.4 Å². The van der Waals surface area contributed by atoms with Gasteiger partial charge in [0.2, 0.25) is 5.91 Å². The number of nitrogens with zero attached hydrogens (tertiary/aromatic N) is 2. The number of hydrogen-bond donors (Lipinski definition) is 1. The molecule has 0 saturated heterocycles. The molecule has 1 aromatic heterocycles. The molecule has 0 unspecified atom stereocenters. The van der Waals surface area contributed by atoms with Crippen molar-refractivity contribution in [1.29, 1.82) is 0 Å². The standard InChI is InChI=1S/C17H17N3OS/c1-12-7-8-14(10-12)19-20-16(21)11-22-15-6-2-4-13-5-3-9-18-17(13)15/h2-6,9-10H,7-8,11H2,1H3,(H,20,21)/b19-14+. The topological polar surface area (TPSA) is 54.4 Å². The molecule has 0 saturated carbocycles. The third kappa shape index (κ3) is 3.54. The highest BCUT2D eigenvalue weighted by atomic mass is 32.2. The molecule has 1 aliphatic rings. The Bertz CT molecular complexity index is 762. The monoisotopic (exact) mass is 311 g/mol. The maximum absolute atomic E-state index is 11.9. The summed E-state index contributed by atoms with van der Waals surface area (Å²) in [5.41, 5.74) is 5.82. The van der Waals surface area contributed by atoms with Crippen molar-refractivity contribution in [3.05, 3.63) is 48.2 Å². The zero-order chi connectivity index (χ0) is 15.4. The molecular formula is C17H17N3OS. The smallest absolute Gasteiger partial charge is 0.250 e. The van der Waals surface area contributed by atoms with Crippen LogP contribution in [0.5, 0.6) is 0 Å². The van der Waals surface area contributed by atoms with Crippen molar-refractivity contribution in [3.63, 3.8) is 0 Å². The Morgan fingerprint density at radius 2 is 2.18 bits per heavy atom. The van der Waals surface area contributed by atoms with E-state index in [0.717, 1.165) is 34.4 Å². The molecule has 0 aliphatic heterocycles. The number of pyridine rings is 1. The molecule has 0 bridgehead atoms. The van der Waals surface area contributed by atoms with Crippen LogP contribution < -0.4 is 5.43 Å². The summed E-state index contributed by atoms with van der Waals surface area (Å²) in [5.74, 6) is 0.234. The molecule has 0 fully saturated rings. The highest BCUT2D eigenvalue weighted by Crippen LogP contribution is 2.25. The van der Waals surface area contributed by atoms with Crippen molar-refractivity contribution in [2.75, 3.05) is 5.75 Å². The number of thioether (sulfide) groups is 1. The van der Waals surface area contributed by atoms with Gasteiger partial charge in [-0.1, -0.05) is 23.8 Å². The van der Waals surface area contributed by atoms with Gasteiger partial charge in [-0.2, -0.15) is 5.10 Å². The average Bonchev–Trinajstić information content (AvgIpc) is 2.96. The predicted octanol–water partition coefficient (Wildman–Crippen LogP) is 3.54. The van der Waals surface area contributed by atoms with Crippen LogP contribution in [0.1, 0.15) is 19.8 Å². The summed E-state index contributed by atoms with van der Waals surface area (Å²) in [5, 5.41) is 5.24. The molecule has 1 aromatic carbocycles. The van der Waals surface area contributed by atoms with Crippen molar-refractivity contribution in [2.24, 2.45) is 5.10 Å². The summed E-state index contributed by atoms with van der Waals surface area (Å²) in [6.07, 6.45) is 5.74. The molecule has 5 heteroatoms. The number of rotatable bonds is 4. The number of aromatic nitrogens is 1. The summed E-state index contributed by atoms with van der Waals surface area (Å²) < 4.78 is 0. The first kappa shape index (κ1) is 14.8. The largest absolute Gasteiger partial charge is 0.272 e. The fraction of sp³-hybridized carbons (Fsp3) is 0.235. The van der Waals surface area contributed by atoms with Crippen LogP contribution in [0.4, 0.5) is 0 Å². The van der Waals surface area contributed by atoms with Crippen LogP contribution in [0.3, 0.4) is 0 Å². The quantitative estimate of drug-likeness (QED) is 0.694. The summed E-state index contributed by atoms with van der Waals surface area (Å²) in [4.78, 5) is 17.3. The van der Waals surface area contributed by atoms with Gasteiger partial charge >= 0.3 is 0 Å². The number of allylic oxidation sites excluding steroid dienone is 2. The number of benzene rings is 1. The summed E-state index contributed by atoms with van der Waals surface area (Å²) in [6.45, 7) is 2.08. The molecule has 0 atom stereocenters. The van der Waals surface area contributed by atoms with Gasteiger partial charge in [-0.15, -0.1) is 11.8 Å². The average molecular weight is 311 g/mol. The Labute approximate surface area is 133 Å². The van der Waals surface area contributed by atoms with Crippen molar-refractivity contribution < 1.29 is 4.79 Å². The van der Waals surface area contributed by atoms with Gasteiger partial charge < -0.3 is 0 Å². The molecule has 1 amide bonds. The molecule has 4 nitrogen and oxygen atoms in total. The van der Waals surface area contributed by atoms with E-state index in [0.29, 0.717) is 5.75 Å². The Balaban J connectivity index is 1.61. The number of fused-ring (bicyclic) bond motifs is 1. The Hall–Kier alpha value is -2.14. The van der Waals surface area contributed by atoms with Gasteiger partial charge in [0.05, 0.1) is 17.0 Å². The molecule has 1 N–H and O–H groups in total. The predicted molar refractivity (Wildman–Crippen MR) is 91.0 cm³/mol. The van der Waals surface area contributed by atoms with Gasteiger partial charge in [0.15, 0.2) is 0 Å². The lowest BCUT2D eigenvalue weighted by atomic mass is 10.2. The van der Waals surface area contributed by atoms with E-state index in [-0.39, 0.29) is 5.91 Å². The third-order valence-electron chi connectivity index (χ3n) is 3.47. The van der Waals surface area contributed by atoms with E-state index in [1.54, 1.807) is 6.20 Å². The Morgan fingerprint density at radius 3 is 3.00 bits per heavy atom. The van der Waals surface area contributed by atoms with Gasteiger partial charge in [0.1, 0.15) is 0 Å². The molecule has 0 radical (unpaired) electrons. The maximum Gasteiger partial charge on any atom is 0.250 e. The lowest BCUT2D eigenvalue weighted by Gasteiger charge is -2.05. The van der Waals surface area contributed by atoms with Gasteiger partial charge in [-0.25, -0.2) is 5.43 Å². The van der Waals surface area contributed by atoms with E-state index in [2.05, 4.69) is 22.4 Å². The second-order valence-corrected chi connectivity index (χ2v) is 6.27. The van der Waals surface area contributed by atoms with E-state index in [1.165, 1.54) is 17.3 Å². The van der Waals surface area contributed by atoms with Crippen molar-refractivity contribution in [1.82, 2.24) is 10.4 Å². The number of para-hydroxylation sites is 1. The number of nitrogens with one attached hydrogen (secondary N) is 1. The lowest BCUT2D eigenvalue weighted by Crippen LogP contribution is -2.20. The van der Waals surface area contributed by atoms with Crippen LogP contribution in [-0.2, 0) is 4.79 Å². The molecule has 1 heterocycles. The summed E-state index contributed by atoms with van der Waals surface area (Å²) in [7, 11) is 0. The zero-order valence-electron chi connectivity index (χ0n) is 12.4. The maximum atomic E-state index is 11.9. The molecule has 2 aromatic rings. The van der Waals surface area contributed by atoms with E-state index >= 15 is 0 Å². The second-order valence-electron chi connectivity index (χ2n) is 5.25. The van der Waals surface area contributed by atoms with E-state index < -0.39 is 0 Å². The highest BCUT2D eigenvalue weighted by molar-refractivity contribution is 8.00. The summed E-state index contributed by atoms with van der Waals surface area (Å²) in [6, 6.07) is 9.93. The fourth-order valence-electron chi connectivity index (χ4n) is 2.34. The minimum absolute atomic E-state index is 0.0941. The second kappa shape index (κ2) is 6.75. The molecule has 1 aliphatic carbocycles. The first-order valence-corrected chi connectivity index (χ1v) is 8.20. The number of carbonyl (C=O) groups is 1. The molecular weight excluding hydrogens is 294 g/mol. The highest BCUT2D eigenvalue weighted by Gasteiger charge is 2.09. The number of amides is 1. The molecule has 3 rings (SSSR count). The van der Waals surface area contributed by atoms with Crippen LogP contribution in [0.2, 0.25) is 0 Å².